The van der Waals surface area contributed by atoms with Gasteiger partial charge in [-0.05, 0) is 30.2 Å². The molecule has 0 aliphatic carbocycles. The number of halogens is 1. The second kappa shape index (κ2) is 7.82. The molecule has 4 nitrogen and oxygen atoms in total. The third kappa shape index (κ3) is 4.48. The maximum absolute atomic E-state index is 11.8. The molecule has 2 aromatic rings. The van der Waals surface area contributed by atoms with Crippen molar-refractivity contribution >= 4 is 17.5 Å². The third-order valence-corrected chi connectivity index (χ3v) is 3.55. The molecule has 0 aromatic heterocycles. The van der Waals surface area contributed by atoms with Crippen LogP contribution in [0, 0.1) is 6.92 Å². The van der Waals surface area contributed by atoms with Crippen molar-refractivity contribution < 1.29 is 14.6 Å². The number of rotatable bonds is 6. The number of nitrogens with one attached hydrogen (secondary N) is 1. The van der Waals surface area contributed by atoms with E-state index in [4.69, 9.17) is 16.3 Å². The van der Waals surface area contributed by atoms with Crippen LogP contribution in [0.15, 0.2) is 48.5 Å². The number of hydrogen-bond acceptors (Lipinski definition) is 3. The van der Waals surface area contributed by atoms with Crippen LogP contribution in [-0.2, 0) is 4.79 Å². The number of carbonyl (C=O) groups is 1. The topological polar surface area (TPSA) is 58.6 Å². The second-order valence-corrected chi connectivity index (χ2v) is 5.30. The summed E-state index contributed by atoms with van der Waals surface area (Å²) in [5, 5.41) is 13.2. The third-order valence-electron chi connectivity index (χ3n) is 3.24. The standard InChI is InChI=1S/C17H18ClNO3/c1-12-6-2-3-7-13(12)15(20)10-19-17(21)11-22-16-9-5-4-8-14(16)18/h2-9,15,20H,10-11H2,1H3,(H,19,21). The van der Waals surface area contributed by atoms with Crippen molar-refractivity contribution in [3.05, 3.63) is 64.7 Å². The van der Waals surface area contributed by atoms with Crippen LogP contribution in [-0.4, -0.2) is 24.2 Å². The fraction of sp³-hybridized carbons (Fsp3) is 0.235. The minimum atomic E-state index is -0.745. The molecular formula is C17H18ClNO3. The molecule has 0 aliphatic rings. The molecule has 0 saturated carbocycles. The van der Waals surface area contributed by atoms with Gasteiger partial charge in [-0.2, -0.15) is 0 Å². The molecule has 1 atom stereocenters. The Morgan fingerprint density at radius 3 is 2.64 bits per heavy atom. The zero-order valence-corrected chi connectivity index (χ0v) is 13.0. The van der Waals surface area contributed by atoms with Crippen LogP contribution >= 0.6 is 11.6 Å². The molecule has 0 fully saturated rings. The van der Waals surface area contributed by atoms with Gasteiger partial charge in [0, 0.05) is 6.54 Å². The van der Waals surface area contributed by atoms with E-state index in [1.54, 1.807) is 24.3 Å². The maximum atomic E-state index is 11.8. The summed E-state index contributed by atoms with van der Waals surface area (Å²) >= 11 is 5.94. The van der Waals surface area contributed by atoms with Gasteiger partial charge in [0.05, 0.1) is 11.1 Å². The number of para-hydroxylation sites is 1. The van der Waals surface area contributed by atoms with Gasteiger partial charge < -0.3 is 15.2 Å². The van der Waals surface area contributed by atoms with Gasteiger partial charge in [-0.25, -0.2) is 0 Å². The van der Waals surface area contributed by atoms with Crippen molar-refractivity contribution in [1.29, 1.82) is 0 Å². The Morgan fingerprint density at radius 1 is 1.23 bits per heavy atom. The SMILES string of the molecule is Cc1ccccc1C(O)CNC(=O)COc1ccccc1Cl. The summed E-state index contributed by atoms with van der Waals surface area (Å²) in [6.45, 7) is 1.90. The lowest BCUT2D eigenvalue weighted by Gasteiger charge is -2.15. The Morgan fingerprint density at radius 2 is 1.91 bits per heavy atom. The number of aliphatic hydroxyl groups is 1. The van der Waals surface area contributed by atoms with E-state index in [9.17, 15) is 9.90 Å². The molecule has 22 heavy (non-hydrogen) atoms. The molecule has 2 rings (SSSR count). The highest BCUT2D eigenvalue weighted by Crippen LogP contribution is 2.22. The van der Waals surface area contributed by atoms with Crippen molar-refractivity contribution in [3.8, 4) is 5.75 Å². The normalized spacial score (nSPS) is 11.8. The summed E-state index contributed by atoms with van der Waals surface area (Å²) < 4.78 is 5.33. The Kier molecular flexibility index (Phi) is 5.81. The zero-order chi connectivity index (χ0) is 15.9. The fourth-order valence-electron chi connectivity index (χ4n) is 2.04. The lowest BCUT2D eigenvalue weighted by molar-refractivity contribution is -0.123. The van der Waals surface area contributed by atoms with Crippen LogP contribution in [0.25, 0.3) is 0 Å². The van der Waals surface area contributed by atoms with Crippen LogP contribution < -0.4 is 10.1 Å². The van der Waals surface area contributed by atoms with Crippen molar-refractivity contribution in [2.75, 3.05) is 13.2 Å². The number of benzene rings is 2. The number of hydrogen-bond donors (Lipinski definition) is 2. The summed E-state index contributed by atoms with van der Waals surface area (Å²) in [6.07, 6.45) is -0.745. The molecule has 116 valence electrons. The first-order valence-corrected chi connectivity index (χ1v) is 7.33. The van der Waals surface area contributed by atoms with Gasteiger partial charge in [0.25, 0.3) is 5.91 Å². The van der Waals surface area contributed by atoms with E-state index < -0.39 is 6.10 Å². The van der Waals surface area contributed by atoms with E-state index >= 15 is 0 Å². The highest BCUT2D eigenvalue weighted by molar-refractivity contribution is 6.32. The smallest absolute Gasteiger partial charge is 0.258 e. The van der Waals surface area contributed by atoms with Crippen LogP contribution in [0.5, 0.6) is 5.75 Å². The van der Waals surface area contributed by atoms with Gasteiger partial charge in [0.15, 0.2) is 6.61 Å². The lowest BCUT2D eigenvalue weighted by atomic mass is 10.0. The van der Waals surface area contributed by atoms with Gasteiger partial charge >= 0.3 is 0 Å². The molecular weight excluding hydrogens is 302 g/mol. The molecule has 0 spiro atoms. The number of aliphatic hydroxyl groups excluding tert-OH is 1. The van der Waals surface area contributed by atoms with Crippen LogP contribution in [0.3, 0.4) is 0 Å². The average Bonchev–Trinajstić information content (AvgIpc) is 2.52. The molecule has 0 saturated heterocycles. The first kappa shape index (κ1) is 16.3. The Labute approximate surface area is 134 Å². The van der Waals surface area contributed by atoms with Crippen LogP contribution in [0.2, 0.25) is 5.02 Å². The average molecular weight is 320 g/mol. The Balaban J connectivity index is 1.81. The van der Waals surface area contributed by atoms with Crippen LogP contribution in [0.1, 0.15) is 17.2 Å². The van der Waals surface area contributed by atoms with Gasteiger partial charge in [-0.15, -0.1) is 0 Å². The molecule has 2 N–H and O–H groups in total. The Hall–Kier alpha value is -2.04. The van der Waals surface area contributed by atoms with E-state index in [2.05, 4.69) is 5.32 Å². The monoisotopic (exact) mass is 319 g/mol. The van der Waals surface area contributed by atoms with E-state index in [0.717, 1.165) is 11.1 Å². The maximum Gasteiger partial charge on any atom is 0.258 e. The van der Waals surface area contributed by atoms with E-state index in [0.29, 0.717) is 10.8 Å². The number of amides is 1. The number of aryl methyl sites for hydroxylation is 1. The van der Waals surface area contributed by atoms with E-state index in [1.807, 2.05) is 31.2 Å². The predicted molar refractivity (Wildman–Crippen MR) is 86.1 cm³/mol. The second-order valence-electron chi connectivity index (χ2n) is 4.90. The highest BCUT2D eigenvalue weighted by Gasteiger charge is 2.12. The molecule has 0 heterocycles. The Bertz CT molecular complexity index is 645. The number of carbonyl (C=O) groups excluding carboxylic acids is 1. The van der Waals surface area contributed by atoms with Crippen LogP contribution in [0.4, 0.5) is 0 Å². The molecule has 0 radical (unpaired) electrons. The first-order chi connectivity index (χ1) is 10.6. The van der Waals surface area contributed by atoms with Crippen molar-refractivity contribution in [3.63, 3.8) is 0 Å². The van der Waals surface area contributed by atoms with E-state index in [1.165, 1.54) is 0 Å². The van der Waals surface area contributed by atoms with Gasteiger partial charge in [-0.1, -0.05) is 48.0 Å². The molecule has 5 heteroatoms. The van der Waals surface area contributed by atoms with Crippen molar-refractivity contribution in [2.45, 2.75) is 13.0 Å². The summed E-state index contributed by atoms with van der Waals surface area (Å²) in [7, 11) is 0. The van der Waals surface area contributed by atoms with Crippen molar-refractivity contribution in [2.24, 2.45) is 0 Å². The summed E-state index contributed by atoms with van der Waals surface area (Å²) in [4.78, 5) is 11.8. The quantitative estimate of drug-likeness (QED) is 0.860. The van der Waals surface area contributed by atoms with Crippen molar-refractivity contribution in [1.82, 2.24) is 5.32 Å². The number of ether oxygens (including phenoxy) is 1. The largest absolute Gasteiger partial charge is 0.482 e. The molecule has 1 amide bonds. The summed E-state index contributed by atoms with van der Waals surface area (Å²) in [6, 6.07) is 14.5. The molecule has 0 aliphatic heterocycles. The highest BCUT2D eigenvalue weighted by atomic mass is 35.5. The molecule has 2 aromatic carbocycles. The summed E-state index contributed by atoms with van der Waals surface area (Å²) in [5.41, 5.74) is 1.78. The molecule has 0 bridgehead atoms. The van der Waals surface area contributed by atoms with E-state index in [-0.39, 0.29) is 19.1 Å². The van der Waals surface area contributed by atoms with Gasteiger partial charge in [0.2, 0.25) is 0 Å². The van der Waals surface area contributed by atoms with Gasteiger partial charge in [0.1, 0.15) is 5.75 Å². The predicted octanol–water partition coefficient (Wildman–Crippen LogP) is 2.88. The lowest BCUT2D eigenvalue weighted by Crippen LogP contribution is -2.32. The molecule has 1 unspecified atom stereocenters. The zero-order valence-electron chi connectivity index (χ0n) is 12.3. The fourth-order valence-corrected chi connectivity index (χ4v) is 2.23. The minimum absolute atomic E-state index is 0.134. The minimum Gasteiger partial charge on any atom is -0.482 e. The summed E-state index contributed by atoms with van der Waals surface area (Å²) in [5.74, 6) is 0.145. The van der Waals surface area contributed by atoms with Gasteiger partial charge in [-0.3, -0.25) is 4.79 Å². The first-order valence-electron chi connectivity index (χ1n) is 6.95.